The Morgan fingerprint density at radius 1 is 1.00 bits per heavy atom. The molecule has 3 aromatic rings. The van der Waals surface area contributed by atoms with Gasteiger partial charge in [-0.25, -0.2) is 0 Å². The Balaban J connectivity index is 1.28. The lowest BCUT2D eigenvalue weighted by atomic mass is 10.1. The summed E-state index contributed by atoms with van der Waals surface area (Å²) >= 11 is 0. The van der Waals surface area contributed by atoms with Crippen LogP contribution in [0.25, 0.3) is 0 Å². The summed E-state index contributed by atoms with van der Waals surface area (Å²) in [6, 6.07) is 15.6. The van der Waals surface area contributed by atoms with Crippen molar-refractivity contribution in [3.63, 3.8) is 0 Å². The van der Waals surface area contributed by atoms with Crippen LogP contribution in [0.3, 0.4) is 0 Å². The molecule has 1 fully saturated rings. The molecule has 1 aromatic heterocycles. The van der Waals surface area contributed by atoms with E-state index < -0.39 is 4.92 Å². The fourth-order valence-corrected chi connectivity index (χ4v) is 4.47. The van der Waals surface area contributed by atoms with Gasteiger partial charge in [0.25, 0.3) is 5.91 Å². The molecule has 0 atom stereocenters. The highest BCUT2D eigenvalue weighted by molar-refractivity contribution is 5.94. The van der Waals surface area contributed by atoms with Gasteiger partial charge in [0, 0.05) is 38.3 Å². The standard InChI is InChI=1S/C26H31N5O4/c1-19-25(31(33)34)20(2)30(27-19)18-22-4-8-23(9-5-22)26(32)29-16-14-28(15-17-29)13-12-21-6-10-24(35-3)11-7-21/h4-11H,12-18H2,1-3H3. The van der Waals surface area contributed by atoms with Crippen LogP contribution in [0.1, 0.15) is 32.9 Å². The Bertz CT molecular complexity index is 1180. The highest BCUT2D eigenvalue weighted by Crippen LogP contribution is 2.23. The number of aromatic nitrogens is 2. The summed E-state index contributed by atoms with van der Waals surface area (Å²) in [7, 11) is 1.67. The molecular weight excluding hydrogens is 446 g/mol. The summed E-state index contributed by atoms with van der Waals surface area (Å²) in [5.74, 6) is 0.901. The van der Waals surface area contributed by atoms with Gasteiger partial charge in [-0.2, -0.15) is 5.10 Å². The van der Waals surface area contributed by atoms with Gasteiger partial charge in [0.1, 0.15) is 17.1 Å². The van der Waals surface area contributed by atoms with Crippen molar-refractivity contribution in [1.29, 1.82) is 0 Å². The number of aryl methyl sites for hydroxylation is 1. The molecule has 0 radical (unpaired) electrons. The lowest BCUT2D eigenvalue weighted by molar-refractivity contribution is -0.386. The third-order valence-electron chi connectivity index (χ3n) is 6.59. The number of nitrogens with zero attached hydrogens (tertiary/aromatic N) is 5. The third kappa shape index (κ3) is 5.68. The van der Waals surface area contributed by atoms with Crippen LogP contribution in [0.15, 0.2) is 48.5 Å². The van der Waals surface area contributed by atoms with Gasteiger partial charge in [0.15, 0.2) is 0 Å². The summed E-state index contributed by atoms with van der Waals surface area (Å²) in [6.07, 6.45) is 0.970. The number of carbonyl (C=O) groups is 1. The third-order valence-corrected chi connectivity index (χ3v) is 6.59. The highest BCUT2D eigenvalue weighted by atomic mass is 16.6. The van der Waals surface area contributed by atoms with Crippen molar-refractivity contribution in [2.24, 2.45) is 0 Å². The van der Waals surface area contributed by atoms with Crippen LogP contribution < -0.4 is 4.74 Å². The van der Waals surface area contributed by atoms with Crippen LogP contribution in [-0.2, 0) is 13.0 Å². The maximum atomic E-state index is 13.0. The zero-order valence-corrected chi connectivity index (χ0v) is 20.4. The van der Waals surface area contributed by atoms with Crippen LogP contribution in [0, 0.1) is 24.0 Å². The summed E-state index contributed by atoms with van der Waals surface area (Å²) in [6.45, 7) is 7.86. The van der Waals surface area contributed by atoms with Crippen LogP contribution in [0.4, 0.5) is 5.69 Å². The number of hydrogen-bond acceptors (Lipinski definition) is 6. The van der Waals surface area contributed by atoms with E-state index in [-0.39, 0.29) is 11.6 Å². The quantitative estimate of drug-likeness (QED) is 0.364. The molecule has 9 nitrogen and oxygen atoms in total. The molecule has 0 bridgehead atoms. The van der Waals surface area contributed by atoms with Gasteiger partial charge in [-0.15, -0.1) is 0 Å². The fraction of sp³-hybridized carbons (Fsp3) is 0.385. The van der Waals surface area contributed by atoms with Gasteiger partial charge in [-0.05, 0) is 55.7 Å². The Hall–Kier alpha value is -3.72. The lowest BCUT2D eigenvalue weighted by Gasteiger charge is -2.34. The maximum Gasteiger partial charge on any atom is 0.312 e. The Kier molecular flexibility index (Phi) is 7.45. The minimum Gasteiger partial charge on any atom is -0.497 e. The summed E-state index contributed by atoms with van der Waals surface area (Å²) in [5.41, 5.74) is 3.85. The van der Waals surface area contributed by atoms with Crippen molar-refractivity contribution >= 4 is 11.6 Å². The molecule has 0 aliphatic carbocycles. The minimum absolute atomic E-state index is 0.0353. The molecule has 1 aliphatic rings. The van der Waals surface area contributed by atoms with Crippen molar-refractivity contribution in [2.75, 3.05) is 39.8 Å². The van der Waals surface area contributed by atoms with Gasteiger partial charge >= 0.3 is 5.69 Å². The van der Waals surface area contributed by atoms with E-state index in [0.29, 0.717) is 36.6 Å². The van der Waals surface area contributed by atoms with Crippen LogP contribution in [-0.4, -0.2) is 70.2 Å². The van der Waals surface area contributed by atoms with Gasteiger partial charge in [-0.1, -0.05) is 24.3 Å². The number of benzene rings is 2. The zero-order valence-electron chi connectivity index (χ0n) is 20.4. The second-order valence-corrected chi connectivity index (χ2v) is 8.86. The number of rotatable bonds is 8. The first-order valence-corrected chi connectivity index (χ1v) is 11.8. The van der Waals surface area contributed by atoms with E-state index in [2.05, 4.69) is 22.1 Å². The topological polar surface area (TPSA) is 93.7 Å². The number of carbonyl (C=O) groups excluding carboxylic acids is 1. The number of amides is 1. The van der Waals surface area contributed by atoms with Crippen molar-refractivity contribution in [2.45, 2.75) is 26.8 Å². The molecule has 35 heavy (non-hydrogen) atoms. The molecule has 1 amide bonds. The number of hydrogen-bond donors (Lipinski definition) is 0. The monoisotopic (exact) mass is 477 g/mol. The van der Waals surface area contributed by atoms with Gasteiger partial charge in [0.05, 0.1) is 18.6 Å². The smallest absolute Gasteiger partial charge is 0.312 e. The van der Waals surface area contributed by atoms with Gasteiger partial charge in [-0.3, -0.25) is 24.5 Å². The minimum atomic E-state index is -0.394. The molecule has 0 N–H and O–H groups in total. The Morgan fingerprint density at radius 3 is 2.20 bits per heavy atom. The van der Waals surface area contributed by atoms with E-state index in [1.165, 1.54) is 5.56 Å². The SMILES string of the molecule is COc1ccc(CCN2CCN(C(=O)c3ccc(Cn4nc(C)c([N+](=O)[O-])c4C)cc3)CC2)cc1. The summed E-state index contributed by atoms with van der Waals surface area (Å²) in [4.78, 5) is 28.1. The maximum absolute atomic E-state index is 13.0. The lowest BCUT2D eigenvalue weighted by Crippen LogP contribution is -2.49. The van der Waals surface area contributed by atoms with Crippen LogP contribution in [0.5, 0.6) is 5.75 Å². The van der Waals surface area contributed by atoms with Crippen molar-refractivity contribution in [3.8, 4) is 5.75 Å². The molecule has 0 unspecified atom stereocenters. The van der Waals surface area contributed by atoms with Gasteiger partial charge < -0.3 is 9.64 Å². The Morgan fingerprint density at radius 2 is 1.63 bits per heavy atom. The van der Waals surface area contributed by atoms with E-state index in [4.69, 9.17) is 4.74 Å². The van der Waals surface area contributed by atoms with E-state index in [1.54, 1.807) is 25.6 Å². The molecule has 0 spiro atoms. The van der Waals surface area contributed by atoms with Crippen LogP contribution in [0.2, 0.25) is 0 Å². The van der Waals surface area contributed by atoms with Crippen molar-refractivity contribution in [1.82, 2.24) is 19.6 Å². The number of ether oxygens (including phenoxy) is 1. The van der Waals surface area contributed by atoms with Crippen LogP contribution >= 0.6 is 0 Å². The van der Waals surface area contributed by atoms with Crippen molar-refractivity contribution in [3.05, 3.63) is 86.7 Å². The first kappa shape index (κ1) is 24.4. The Labute approximate surface area is 205 Å². The molecular formula is C26H31N5O4. The number of methoxy groups -OCH3 is 1. The fourth-order valence-electron chi connectivity index (χ4n) is 4.47. The predicted molar refractivity (Wildman–Crippen MR) is 133 cm³/mol. The molecule has 1 aliphatic heterocycles. The van der Waals surface area contributed by atoms with E-state index in [9.17, 15) is 14.9 Å². The summed E-state index contributed by atoms with van der Waals surface area (Å²) < 4.78 is 6.85. The van der Waals surface area contributed by atoms with Crippen molar-refractivity contribution < 1.29 is 14.5 Å². The molecule has 184 valence electrons. The molecule has 2 aromatic carbocycles. The first-order chi connectivity index (χ1) is 16.9. The zero-order chi connectivity index (χ0) is 24.9. The normalized spacial score (nSPS) is 14.2. The van der Waals surface area contributed by atoms with E-state index in [0.717, 1.165) is 37.4 Å². The highest BCUT2D eigenvalue weighted by Gasteiger charge is 2.23. The summed E-state index contributed by atoms with van der Waals surface area (Å²) in [5, 5.41) is 15.5. The molecule has 4 rings (SSSR count). The van der Waals surface area contributed by atoms with E-state index >= 15 is 0 Å². The number of piperazine rings is 1. The molecule has 0 saturated carbocycles. The second-order valence-electron chi connectivity index (χ2n) is 8.86. The molecule has 1 saturated heterocycles. The number of nitro groups is 1. The average Bonchev–Trinajstić information content (AvgIpc) is 3.16. The molecule has 9 heteroatoms. The largest absolute Gasteiger partial charge is 0.497 e. The second kappa shape index (κ2) is 10.7. The van der Waals surface area contributed by atoms with E-state index in [1.807, 2.05) is 41.3 Å². The molecule has 2 heterocycles. The average molecular weight is 478 g/mol. The first-order valence-electron chi connectivity index (χ1n) is 11.8. The van der Waals surface area contributed by atoms with Gasteiger partial charge in [0.2, 0.25) is 0 Å². The predicted octanol–water partition coefficient (Wildman–Crippen LogP) is 3.47.